The van der Waals surface area contributed by atoms with Gasteiger partial charge in [-0.1, -0.05) is 6.07 Å². The summed E-state index contributed by atoms with van der Waals surface area (Å²) in [5, 5.41) is 2.67. The van der Waals surface area contributed by atoms with Crippen LogP contribution in [-0.4, -0.2) is 15.9 Å². The average molecular weight is 259 g/mol. The minimum absolute atomic E-state index is 0.341. The Kier molecular flexibility index (Phi) is 3.55. The maximum Gasteiger partial charge on any atom is 0.259 e. The molecule has 0 saturated heterocycles. The Labute approximate surface area is 110 Å². The van der Waals surface area contributed by atoms with Crippen LogP contribution in [0.15, 0.2) is 24.4 Å². The van der Waals surface area contributed by atoms with Gasteiger partial charge in [0.2, 0.25) is 0 Å². The number of aromatic nitrogens is 2. The molecule has 0 aliphatic carbocycles. The predicted molar refractivity (Wildman–Crippen MR) is 70.6 cm³/mol. The topological polar surface area (TPSA) is 54.9 Å². The molecular formula is C14H14FN3O. The van der Waals surface area contributed by atoms with Gasteiger partial charge in [0.15, 0.2) is 0 Å². The molecular weight excluding hydrogens is 245 g/mol. The van der Waals surface area contributed by atoms with Gasteiger partial charge in [0.05, 0.1) is 11.3 Å². The second-order valence-electron chi connectivity index (χ2n) is 4.33. The van der Waals surface area contributed by atoms with E-state index in [2.05, 4.69) is 15.3 Å². The molecule has 0 radical (unpaired) electrons. The summed E-state index contributed by atoms with van der Waals surface area (Å²) < 4.78 is 13.2. The Morgan fingerprint density at radius 3 is 2.68 bits per heavy atom. The molecule has 0 aliphatic rings. The van der Waals surface area contributed by atoms with Crippen molar-refractivity contribution in [3.05, 3.63) is 52.9 Å². The molecule has 4 nitrogen and oxygen atoms in total. The van der Waals surface area contributed by atoms with Crippen LogP contribution in [0.3, 0.4) is 0 Å². The molecule has 19 heavy (non-hydrogen) atoms. The highest BCUT2D eigenvalue weighted by Crippen LogP contribution is 2.17. The van der Waals surface area contributed by atoms with Crippen molar-refractivity contribution in [1.82, 2.24) is 9.97 Å². The van der Waals surface area contributed by atoms with Crippen LogP contribution >= 0.6 is 0 Å². The Balaban J connectivity index is 2.28. The molecule has 1 aromatic heterocycles. The standard InChI is InChI=1S/C14H14FN3O/c1-8-4-5-11(15)6-13(8)18-14(19)12-7-16-10(3)17-9(12)2/h4-7H,1-3H3,(H,18,19). The summed E-state index contributed by atoms with van der Waals surface area (Å²) in [6.45, 7) is 5.29. The zero-order valence-electron chi connectivity index (χ0n) is 11.0. The zero-order chi connectivity index (χ0) is 14.0. The first-order valence-electron chi connectivity index (χ1n) is 5.85. The molecule has 0 saturated carbocycles. The van der Waals surface area contributed by atoms with Crippen LogP contribution < -0.4 is 5.32 Å². The number of carbonyl (C=O) groups excluding carboxylic acids is 1. The Morgan fingerprint density at radius 2 is 2.00 bits per heavy atom. The van der Waals surface area contributed by atoms with Crippen LogP contribution in [0.1, 0.15) is 27.4 Å². The summed E-state index contributed by atoms with van der Waals surface area (Å²) in [5.74, 6) is -0.125. The van der Waals surface area contributed by atoms with Crippen molar-refractivity contribution in [2.45, 2.75) is 20.8 Å². The van der Waals surface area contributed by atoms with E-state index in [-0.39, 0.29) is 5.91 Å². The minimum Gasteiger partial charge on any atom is -0.322 e. The third-order valence-corrected chi connectivity index (χ3v) is 2.79. The van der Waals surface area contributed by atoms with Crippen molar-refractivity contribution in [2.24, 2.45) is 0 Å². The SMILES string of the molecule is Cc1ncc(C(=O)Nc2cc(F)ccc2C)c(C)n1. The fraction of sp³-hybridized carbons (Fsp3) is 0.214. The number of carbonyl (C=O) groups is 1. The average Bonchev–Trinajstić information content (AvgIpc) is 2.33. The van der Waals surface area contributed by atoms with Gasteiger partial charge < -0.3 is 5.32 Å². The summed E-state index contributed by atoms with van der Waals surface area (Å²) in [6, 6.07) is 4.26. The minimum atomic E-state index is -0.391. The fourth-order valence-corrected chi connectivity index (χ4v) is 1.72. The Hall–Kier alpha value is -2.30. The Bertz CT molecular complexity index is 641. The number of anilines is 1. The quantitative estimate of drug-likeness (QED) is 0.902. The van der Waals surface area contributed by atoms with Gasteiger partial charge in [-0.05, 0) is 38.5 Å². The predicted octanol–water partition coefficient (Wildman–Crippen LogP) is 2.79. The van der Waals surface area contributed by atoms with E-state index in [1.165, 1.54) is 18.3 Å². The third kappa shape index (κ3) is 2.93. The number of hydrogen-bond donors (Lipinski definition) is 1. The molecule has 1 N–H and O–H groups in total. The van der Waals surface area contributed by atoms with Crippen LogP contribution in [0.5, 0.6) is 0 Å². The maximum atomic E-state index is 13.2. The van der Waals surface area contributed by atoms with Crippen molar-refractivity contribution in [3.8, 4) is 0 Å². The van der Waals surface area contributed by atoms with Gasteiger partial charge in [-0.25, -0.2) is 14.4 Å². The number of nitrogens with zero attached hydrogens (tertiary/aromatic N) is 2. The lowest BCUT2D eigenvalue weighted by molar-refractivity contribution is 0.102. The second-order valence-corrected chi connectivity index (χ2v) is 4.33. The second kappa shape index (κ2) is 5.14. The van der Waals surface area contributed by atoms with Gasteiger partial charge in [0.1, 0.15) is 11.6 Å². The van der Waals surface area contributed by atoms with E-state index in [4.69, 9.17) is 0 Å². The first-order chi connectivity index (χ1) is 8.97. The summed E-state index contributed by atoms with van der Waals surface area (Å²) >= 11 is 0. The number of rotatable bonds is 2. The molecule has 0 spiro atoms. The lowest BCUT2D eigenvalue weighted by atomic mass is 10.1. The third-order valence-electron chi connectivity index (χ3n) is 2.79. The van der Waals surface area contributed by atoms with Crippen molar-refractivity contribution in [2.75, 3.05) is 5.32 Å². The number of halogens is 1. The van der Waals surface area contributed by atoms with E-state index in [1.54, 1.807) is 26.8 Å². The Morgan fingerprint density at radius 1 is 1.26 bits per heavy atom. The molecule has 0 bridgehead atoms. The number of amides is 1. The van der Waals surface area contributed by atoms with Gasteiger partial charge in [-0.15, -0.1) is 0 Å². The van der Waals surface area contributed by atoms with Crippen LogP contribution in [0, 0.1) is 26.6 Å². The number of hydrogen-bond acceptors (Lipinski definition) is 3. The smallest absolute Gasteiger partial charge is 0.259 e. The molecule has 0 unspecified atom stereocenters. The summed E-state index contributed by atoms with van der Waals surface area (Å²) in [4.78, 5) is 20.2. The van der Waals surface area contributed by atoms with E-state index in [0.717, 1.165) is 5.56 Å². The van der Waals surface area contributed by atoms with E-state index >= 15 is 0 Å². The van der Waals surface area contributed by atoms with Crippen LogP contribution in [0.2, 0.25) is 0 Å². The van der Waals surface area contributed by atoms with E-state index in [0.29, 0.717) is 22.8 Å². The lowest BCUT2D eigenvalue weighted by Crippen LogP contribution is -2.16. The molecule has 0 fully saturated rings. The maximum absolute atomic E-state index is 13.2. The van der Waals surface area contributed by atoms with E-state index in [9.17, 15) is 9.18 Å². The molecule has 2 rings (SSSR count). The van der Waals surface area contributed by atoms with Crippen molar-refractivity contribution < 1.29 is 9.18 Å². The van der Waals surface area contributed by atoms with Crippen molar-refractivity contribution in [1.29, 1.82) is 0 Å². The number of benzene rings is 1. The first-order valence-corrected chi connectivity index (χ1v) is 5.85. The number of aryl methyl sites for hydroxylation is 3. The molecule has 1 heterocycles. The van der Waals surface area contributed by atoms with Gasteiger partial charge in [-0.3, -0.25) is 4.79 Å². The molecule has 0 aliphatic heterocycles. The molecule has 1 aromatic carbocycles. The van der Waals surface area contributed by atoms with Gasteiger partial charge >= 0.3 is 0 Å². The van der Waals surface area contributed by atoms with Crippen LogP contribution in [0.4, 0.5) is 10.1 Å². The van der Waals surface area contributed by atoms with Gasteiger partial charge in [-0.2, -0.15) is 0 Å². The zero-order valence-corrected chi connectivity index (χ0v) is 11.0. The normalized spacial score (nSPS) is 10.3. The largest absolute Gasteiger partial charge is 0.322 e. The number of nitrogens with one attached hydrogen (secondary N) is 1. The summed E-state index contributed by atoms with van der Waals surface area (Å²) in [6.07, 6.45) is 1.47. The molecule has 98 valence electrons. The monoisotopic (exact) mass is 259 g/mol. The van der Waals surface area contributed by atoms with Crippen LogP contribution in [0.25, 0.3) is 0 Å². The summed E-state index contributed by atoms with van der Waals surface area (Å²) in [7, 11) is 0. The highest BCUT2D eigenvalue weighted by molar-refractivity contribution is 6.05. The first kappa shape index (κ1) is 13.1. The molecule has 0 atom stereocenters. The van der Waals surface area contributed by atoms with Crippen LogP contribution in [-0.2, 0) is 0 Å². The fourth-order valence-electron chi connectivity index (χ4n) is 1.72. The highest BCUT2D eigenvalue weighted by atomic mass is 19.1. The lowest BCUT2D eigenvalue weighted by Gasteiger charge is -2.09. The molecule has 1 amide bonds. The van der Waals surface area contributed by atoms with Gasteiger partial charge in [0.25, 0.3) is 5.91 Å². The van der Waals surface area contributed by atoms with E-state index < -0.39 is 5.82 Å². The van der Waals surface area contributed by atoms with Crippen molar-refractivity contribution >= 4 is 11.6 Å². The van der Waals surface area contributed by atoms with Gasteiger partial charge in [0, 0.05) is 11.9 Å². The van der Waals surface area contributed by atoms with E-state index in [1.807, 2.05) is 0 Å². The molecule has 5 heteroatoms. The molecule has 2 aromatic rings. The highest BCUT2D eigenvalue weighted by Gasteiger charge is 2.12. The summed E-state index contributed by atoms with van der Waals surface area (Å²) in [5.41, 5.74) is 2.22. The van der Waals surface area contributed by atoms with Crippen molar-refractivity contribution in [3.63, 3.8) is 0 Å².